The van der Waals surface area contributed by atoms with Gasteiger partial charge in [-0.2, -0.15) is 0 Å². The van der Waals surface area contributed by atoms with Crippen LogP contribution in [0.4, 0.5) is 0 Å². The van der Waals surface area contributed by atoms with Crippen molar-refractivity contribution in [2.45, 2.75) is 25.5 Å². The second-order valence-corrected chi connectivity index (χ2v) is 4.86. The third-order valence-electron chi connectivity index (χ3n) is 3.56. The van der Waals surface area contributed by atoms with Crippen molar-refractivity contribution < 1.29 is 9.53 Å². The molecule has 19 heavy (non-hydrogen) atoms. The summed E-state index contributed by atoms with van der Waals surface area (Å²) in [6, 6.07) is 14.4. The largest absolute Gasteiger partial charge is 0.368 e. The van der Waals surface area contributed by atoms with Crippen LogP contribution in [0.2, 0.25) is 0 Å². The first-order chi connectivity index (χ1) is 9.34. The number of hydrogen-bond donors (Lipinski definition) is 1. The molecule has 1 N–H and O–H groups in total. The Kier molecular flexibility index (Phi) is 3.47. The molecular formula is C16H17NO2. The van der Waals surface area contributed by atoms with Crippen molar-refractivity contribution in [1.82, 2.24) is 5.32 Å². The fourth-order valence-electron chi connectivity index (χ4n) is 2.53. The molecule has 1 amide bonds. The molecule has 1 fully saturated rings. The topological polar surface area (TPSA) is 38.3 Å². The van der Waals surface area contributed by atoms with Crippen molar-refractivity contribution in [2.24, 2.45) is 0 Å². The number of carbonyl (C=O) groups excluding carboxylic acids is 1. The lowest BCUT2D eigenvalue weighted by molar-refractivity contribution is -0.130. The quantitative estimate of drug-likeness (QED) is 0.915. The summed E-state index contributed by atoms with van der Waals surface area (Å²) in [6.45, 7) is 1.26. The molecule has 2 aromatic carbocycles. The van der Waals surface area contributed by atoms with E-state index in [1.807, 2.05) is 18.2 Å². The Morgan fingerprint density at radius 2 is 2.05 bits per heavy atom. The van der Waals surface area contributed by atoms with Crippen molar-refractivity contribution in [1.29, 1.82) is 0 Å². The van der Waals surface area contributed by atoms with Crippen LogP contribution in [0.25, 0.3) is 10.8 Å². The lowest BCUT2D eigenvalue weighted by atomic mass is 10.0. The van der Waals surface area contributed by atoms with E-state index in [4.69, 9.17) is 4.74 Å². The number of benzene rings is 2. The van der Waals surface area contributed by atoms with Gasteiger partial charge in [0.2, 0.25) is 5.91 Å². The van der Waals surface area contributed by atoms with Gasteiger partial charge in [-0.1, -0.05) is 42.5 Å². The van der Waals surface area contributed by atoms with Crippen molar-refractivity contribution in [2.75, 3.05) is 6.61 Å². The Balaban J connectivity index is 1.73. The first-order valence-electron chi connectivity index (χ1n) is 6.70. The lowest BCUT2D eigenvalue weighted by Gasteiger charge is -2.11. The Hall–Kier alpha value is -1.87. The van der Waals surface area contributed by atoms with Crippen LogP contribution in [-0.2, 0) is 16.1 Å². The predicted molar refractivity (Wildman–Crippen MR) is 74.8 cm³/mol. The van der Waals surface area contributed by atoms with Gasteiger partial charge in [0, 0.05) is 13.2 Å². The smallest absolute Gasteiger partial charge is 0.249 e. The first-order valence-corrected chi connectivity index (χ1v) is 6.70. The monoisotopic (exact) mass is 255 g/mol. The Morgan fingerprint density at radius 3 is 2.89 bits per heavy atom. The summed E-state index contributed by atoms with van der Waals surface area (Å²) in [4.78, 5) is 11.9. The van der Waals surface area contributed by atoms with E-state index in [-0.39, 0.29) is 12.0 Å². The van der Waals surface area contributed by atoms with Crippen LogP contribution in [0.15, 0.2) is 42.5 Å². The normalized spacial score (nSPS) is 18.6. The maximum absolute atomic E-state index is 11.9. The van der Waals surface area contributed by atoms with Gasteiger partial charge in [-0.15, -0.1) is 0 Å². The fourth-order valence-corrected chi connectivity index (χ4v) is 2.53. The standard InChI is InChI=1S/C16H17NO2/c18-16(15-9-4-10-19-15)17-11-13-7-3-6-12-5-1-2-8-14(12)13/h1-3,5-8,15H,4,9-11H2,(H,17,18)/t15-/m0/s1. The van der Waals surface area contributed by atoms with Gasteiger partial charge < -0.3 is 10.1 Å². The van der Waals surface area contributed by atoms with Gasteiger partial charge >= 0.3 is 0 Å². The second kappa shape index (κ2) is 5.41. The average Bonchev–Trinajstić information content (AvgIpc) is 2.99. The molecule has 2 aromatic rings. The minimum absolute atomic E-state index is 0.00503. The summed E-state index contributed by atoms with van der Waals surface area (Å²) in [7, 11) is 0. The molecule has 3 nitrogen and oxygen atoms in total. The molecule has 1 atom stereocenters. The second-order valence-electron chi connectivity index (χ2n) is 4.86. The third-order valence-corrected chi connectivity index (χ3v) is 3.56. The Morgan fingerprint density at radius 1 is 1.21 bits per heavy atom. The highest BCUT2D eigenvalue weighted by Gasteiger charge is 2.23. The van der Waals surface area contributed by atoms with Crippen LogP contribution in [0.3, 0.4) is 0 Å². The van der Waals surface area contributed by atoms with Gasteiger partial charge in [0.25, 0.3) is 0 Å². The summed E-state index contributed by atoms with van der Waals surface area (Å²) in [5.41, 5.74) is 1.14. The molecule has 98 valence electrons. The van der Waals surface area contributed by atoms with Gasteiger partial charge in [0.05, 0.1) is 0 Å². The van der Waals surface area contributed by atoms with E-state index in [2.05, 4.69) is 29.6 Å². The van der Waals surface area contributed by atoms with E-state index < -0.39 is 0 Å². The number of carbonyl (C=O) groups is 1. The lowest BCUT2D eigenvalue weighted by Crippen LogP contribution is -2.33. The molecule has 0 bridgehead atoms. The fraction of sp³-hybridized carbons (Fsp3) is 0.312. The average molecular weight is 255 g/mol. The molecule has 0 spiro atoms. The first kappa shape index (κ1) is 12.2. The Labute approximate surface area is 112 Å². The molecule has 0 saturated carbocycles. The van der Waals surface area contributed by atoms with Crippen LogP contribution >= 0.6 is 0 Å². The maximum atomic E-state index is 11.9. The van der Waals surface area contributed by atoms with Gasteiger partial charge in [-0.3, -0.25) is 4.79 Å². The van der Waals surface area contributed by atoms with Crippen LogP contribution in [0.5, 0.6) is 0 Å². The molecule has 1 aliphatic rings. The SMILES string of the molecule is O=C(NCc1cccc2ccccc12)[C@@H]1CCCO1. The molecule has 0 radical (unpaired) electrons. The molecule has 1 heterocycles. The highest BCUT2D eigenvalue weighted by molar-refractivity contribution is 5.86. The van der Waals surface area contributed by atoms with Gasteiger partial charge in [0.15, 0.2) is 0 Å². The zero-order valence-electron chi connectivity index (χ0n) is 10.8. The molecule has 1 aliphatic heterocycles. The molecule has 0 unspecified atom stereocenters. The Bertz CT molecular complexity index is 583. The van der Waals surface area contributed by atoms with Crippen LogP contribution in [0.1, 0.15) is 18.4 Å². The van der Waals surface area contributed by atoms with Crippen LogP contribution < -0.4 is 5.32 Å². The zero-order valence-corrected chi connectivity index (χ0v) is 10.8. The summed E-state index contributed by atoms with van der Waals surface area (Å²) >= 11 is 0. The molecule has 3 rings (SSSR count). The van der Waals surface area contributed by atoms with E-state index in [0.717, 1.165) is 18.4 Å². The van der Waals surface area contributed by atoms with E-state index >= 15 is 0 Å². The van der Waals surface area contributed by atoms with E-state index in [9.17, 15) is 4.79 Å². The zero-order chi connectivity index (χ0) is 13.1. The maximum Gasteiger partial charge on any atom is 0.249 e. The number of ether oxygens (including phenoxy) is 1. The number of fused-ring (bicyclic) bond motifs is 1. The molecule has 1 saturated heterocycles. The summed E-state index contributed by atoms with van der Waals surface area (Å²) in [5.74, 6) is 0.00503. The summed E-state index contributed by atoms with van der Waals surface area (Å²) < 4.78 is 5.38. The highest BCUT2D eigenvalue weighted by Crippen LogP contribution is 2.18. The van der Waals surface area contributed by atoms with Gasteiger partial charge in [-0.25, -0.2) is 0 Å². The molecule has 0 aromatic heterocycles. The minimum atomic E-state index is -0.255. The predicted octanol–water partition coefficient (Wildman–Crippen LogP) is 2.64. The molecule has 0 aliphatic carbocycles. The summed E-state index contributed by atoms with van der Waals surface area (Å²) in [6.07, 6.45) is 1.56. The minimum Gasteiger partial charge on any atom is -0.368 e. The highest BCUT2D eigenvalue weighted by atomic mass is 16.5. The number of hydrogen-bond acceptors (Lipinski definition) is 2. The van der Waals surface area contributed by atoms with E-state index in [1.165, 1.54) is 10.8 Å². The van der Waals surface area contributed by atoms with Crippen molar-refractivity contribution in [3.8, 4) is 0 Å². The number of nitrogens with one attached hydrogen (secondary N) is 1. The van der Waals surface area contributed by atoms with E-state index in [0.29, 0.717) is 13.2 Å². The molecular weight excluding hydrogens is 238 g/mol. The summed E-state index contributed by atoms with van der Waals surface area (Å²) in [5, 5.41) is 5.36. The van der Waals surface area contributed by atoms with E-state index in [1.54, 1.807) is 0 Å². The molecule has 3 heteroatoms. The van der Waals surface area contributed by atoms with Gasteiger partial charge in [0.1, 0.15) is 6.10 Å². The van der Waals surface area contributed by atoms with Gasteiger partial charge in [-0.05, 0) is 29.2 Å². The number of amides is 1. The van der Waals surface area contributed by atoms with Crippen molar-refractivity contribution in [3.63, 3.8) is 0 Å². The third kappa shape index (κ3) is 2.61. The van der Waals surface area contributed by atoms with Crippen molar-refractivity contribution in [3.05, 3.63) is 48.0 Å². The number of rotatable bonds is 3. The van der Waals surface area contributed by atoms with Crippen molar-refractivity contribution >= 4 is 16.7 Å². The van der Waals surface area contributed by atoms with Crippen LogP contribution in [-0.4, -0.2) is 18.6 Å². The van der Waals surface area contributed by atoms with Crippen LogP contribution in [0, 0.1) is 0 Å².